The van der Waals surface area contributed by atoms with Crippen molar-refractivity contribution < 1.29 is 0 Å². The molecule has 0 unspecified atom stereocenters. The Hall–Kier alpha value is -3.18. The van der Waals surface area contributed by atoms with E-state index in [9.17, 15) is 0 Å². The third-order valence-electron chi connectivity index (χ3n) is 4.49. The zero-order chi connectivity index (χ0) is 17.5. The lowest BCUT2D eigenvalue weighted by Crippen LogP contribution is -2.01. The minimum absolute atomic E-state index is 0.626. The van der Waals surface area contributed by atoms with Crippen molar-refractivity contribution in [1.82, 2.24) is 24.7 Å². The number of H-pyrrole nitrogens is 1. The zero-order valence-electron chi connectivity index (χ0n) is 13.7. The highest BCUT2D eigenvalue weighted by atomic mass is 35.5. The molecule has 6 heteroatoms. The lowest BCUT2D eigenvalue weighted by atomic mass is 10.1. The molecular weight excluding hydrogens is 346 g/mol. The summed E-state index contributed by atoms with van der Waals surface area (Å²) in [4.78, 5) is 12.2. The number of fused-ring (bicyclic) bond motifs is 2. The van der Waals surface area contributed by atoms with Crippen molar-refractivity contribution in [3.8, 4) is 11.1 Å². The van der Waals surface area contributed by atoms with Crippen LogP contribution in [0.3, 0.4) is 0 Å². The summed E-state index contributed by atoms with van der Waals surface area (Å²) in [6, 6.07) is 13.9. The van der Waals surface area contributed by atoms with Crippen LogP contribution < -0.4 is 0 Å². The van der Waals surface area contributed by atoms with Gasteiger partial charge >= 0.3 is 0 Å². The number of pyridine rings is 2. The first-order valence-electron chi connectivity index (χ1n) is 8.26. The van der Waals surface area contributed by atoms with Gasteiger partial charge in [0.25, 0.3) is 0 Å². The third-order valence-corrected chi connectivity index (χ3v) is 4.73. The Balaban J connectivity index is 1.59. The number of hydrogen-bond acceptors (Lipinski definition) is 3. The van der Waals surface area contributed by atoms with E-state index in [1.54, 1.807) is 6.20 Å². The monoisotopic (exact) mass is 359 g/mol. The molecule has 0 aliphatic rings. The van der Waals surface area contributed by atoms with Crippen molar-refractivity contribution in [1.29, 1.82) is 0 Å². The summed E-state index contributed by atoms with van der Waals surface area (Å²) < 4.78 is 1.91. The van der Waals surface area contributed by atoms with Crippen LogP contribution in [0.4, 0.5) is 0 Å². The van der Waals surface area contributed by atoms with Crippen molar-refractivity contribution in [3.05, 3.63) is 77.8 Å². The van der Waals surface area contributed by atoms with Gasteiger partial charge in [-0.15, -0.1) is 0 Å². The second-order valence-corrected chi connectivity index (χ2v) is 6.60. The van der Waals surface area contributed by atoms with Crippen molar-refractivity contribution >= 4 is 33.7 Å². The van der Waals surface area contributed by atoms with E-state index in [4.69, 9.17) is 11.6 Å². The predicted octanol–water partition coefficient (Wildman–Crippen LogP) is 4.68. The lowest BCUT2D eigenvalue weighted by Gasteiger charge is -2.05. The SMILES string of the molecule is Clc1cccc(-c2cnc3[nH]cc(Cn4ncc5cccnc54)c3c2)c1. The molecule has 5 rings (SSSR count). The van der Waals surface area contributed by atoms with Crippen LogP contribution in [0, 0.1) is 0 Å². The van der Waals surface area contributed by atoms with E-state index < -0.39 is 0 Å². The molecule has 1 N–H and O–H groups in total. The van der Waals surface area contributed by atoms with Crippen LogP contribution >= 0.6 is 11.6 Å². The van der Waals surface area contributed by atoms with Crippen LogP contribution in [0.2, 0.25) is 5.02 Å². The largest absolute Gasteiger partial charge is 0.346 e. The molecule has 0 aliphatic heterocycles. The van der Waals surface area contributed by atoms with Gasteiger partial charge in [0.05, 0.1) is 12.7 Å². The Morgan fingerprint density at radius 1 is 1.00 bits per heavy atom. The summed E-state index contributed by atoms with van der Waals surface area (Å²) in [7, 11) is 0. The van der Waals surface area contributed by atoms with E-state index in [-0.39, 0.29) is 0 Å². The number of aromatic amines is 1. The highest BCUT2D eigenvalue weighted by Gasteiger charge is 2.10. The Labute approximate surface area is 154 Å². The molecule has 0 aliphatic carbocycles. The first-order valence-corrected chi connectivity index (χ1v) is 8.64. The van der Waals surface area contributed by atoms with E-state index in [1.165, 1.54) is 0 Å². The molecule has 5 nitrogen and oxygen atoms in total. The molecule has 0 saturated heterocycles. The van der Waals surface area contributed by atoms with Gasteiger partial charge in [0.1, 0.15) is 5.65 Å². The van der Waals surface area contributed by atoms with Crippen molar-refractivity contribution in [2.75, 3.05) is 0 Å². The van der Waals surface area contributed by atoms with Crippen LogP contribution in [0.25, 0.3) is 33.2 Å². The van der Waals surface area contributed by atoms with E-state index in [0.717, 1.165) is 38.8 Å². The molecule has 5 aromatic rings. The van der Waals surface area contributed by atoms with E-state index >= 15 is 0 Å². The highest BCUT2D eigenvalue weighted by molar-refractivity contribution is 6.30. The average molecular weight is 360 g/mol. The van der Waals surface area contributed by atoms with Gasteiger partial charge in [-0.25, -0.2) is 14.6 Å². The molecule has 126 valence electrons. The van der Waals surface area contributed by atoms with Crippen molar-refractivity contribution in [2.45, 2.75) is 6.54 Å². The summed E-state index contributed by atoms with van der Waals surface area (Å²) >= 11 is 6.13. The molecule has 0 bridgehead atoms. The number of rotatable bonds is 3. The maximum absolute atomic E-state index is 6.13. The van der Waals surface area contributed by atoms with Gasteiger partial charge in [-0.05, 0) is 35.9 Å². The molecule has 0 atom stereocenters. The van der Waals surface area contributed by atoms with E-state index in [1.807, 2.05) is 59.7 Å². The van der Waals surface area contributed by atoms with Gasteiger partial charge in [0.2, 0.25) is 0 Å². The van der Waals surface area contributed by atoms with Crippen LogP contribution in [-0.2, 0) is 6.54 Å². The fraction of sp³-hybridized carbons (Fsp3) is 0.0500. The average Bonchev–Trinajstić information content (AvgIpc) is 3.26. The minimum atomic E-state index is 0.626. The van der Waals surface area contributed by atoms with Gasteiger partial charge in [-0.2, -0.15) is 5.10 Å². The van der Waals surface area contributed by atoms with Gasteiger partial charge in [-0.3, -0.25) is 0 Å². The summed E-state index contributed by atoms with van der Waals surface area (Å²) in [5.74, 6) is 0. The third kappa shape index (κ3) is 2.53. The van der Waals surface area contributed by atoms with Gasteiger partial charge in [0.15, 0.2) is 5.65 Å². The molecule has 0 radical (unpaired) electrons. The smallest absolute Gasteiger partial charge is 0.158 e. The number of aromatic nitrogens is 5. The lowest BCUT2D eigenvalue weighted by molar-refractivity contribution is 0.707. The van der Waals surface area contributed by atoms with E-state index in [2.05, 4.69) is 26.1 Å². The quantitative estimate of drug-likeness (QED) is 0.509. The minimum Gasteiger partial charge on any atom is -0.346 e. The summed E-state index contributed by atoms with van der Waals surface area (Å²) in [5, 5.41) is 7.29. The van der Waals surface area contributed by atoms with Crippen LogP contribution in [0.1, 0.15) is 5.56 Å². The standard InChI is InChI=1S/C20H14ClN5/c21-17-5-1-3-13(7-17)15-8-18-16(10-24-19(18)23-9-15)12-26-20-14(11-25-26)4-2-6-22-20/h1-11H,12H2,(H,23,24). The van der Waals surface area contributed by atoms with Gasteiger partial charge < -0.3 is 4.98 Å². The topological polar surface area (TPSA) is 59.4 Å². The maximum atomic E-state index is 6.13. The second kappa shape index (κ2) is 5.97. The molecule has 4 aromatic heterocycles. The Morgan fingerprint density at radius 2 is 1.96 bits per heavy atom. The molecule has 0 saturated carbocycles. The summed E-state index contributed by atoms with van der Waals surface area (Å²) in [6.45, 7) is 0.626. The number of hydrogen-bond donors (Lipinski definition) is 1. The van der Waals surface area contributed by atoms with Crippen LogP contribution in [0.15, 0.2) is 67.3 Å². The molecule has 0 fully saturated rings. The molecule has 0 spiro atoms. The van der Waals surface area contributed by atoms with Gasteiger partial charge in [0, 0.05) is 45.5 Å². The fourth-order valence-corrected chi connectivity index (χ4v) is 3.39. The van der Waals surface area contributed by atoms with Crippen molar-refractivity contribution in [2.24, 2.45) is 0 Å². The van der Waals surface area contributed by atoms with E-state index in [0.29, 0.717) is 11.6 Å². The predicted molar refractivity (Wildman–Crippen MR) is 103 cm³/mol. The van der Waals surface area contributed by atoms with Crippen LogP contribution in [0.5, 0.6) is 0 Å². The molecule has 1 aromatic carbocycles. The number of benzene rings is 1. The van der Waals surface area contributed by atoms with Gasteiger partial charge in [-0.1, -0.05) is 23.7 Å². The fourth-order valence-electron chi connectivity index (χ4n) is 3.20. The second-order valence-electron chi connectivity index (χ2n) is 6.16. The Morgan fingerprint density at radius 3 is 2.88 bits per heavy atom. The molecule has 0 amide bonds. The normalized spacial score (nSPS) is 11.4. The number of nitrogens with zero attached hydrogens (tertiary/aromatic N) is 4. The first-order chi connectivity index (χ1) is 12.8. The highest BCUT2D eigenvalue weighted by Crippen LogP contribution is 2.27. The molecular formula is C20H14ClN5. The Kier molecular flexibility index (Phi) is 3.47. The first kappa shape index (κ1) is 15.1. The number of nitrogens with one attached hydrogen (secondary N) is 1. The Bertz CT molecular complexity index is 1240. The van der Waals surface area contributed by atoms with Crippen molar-refractivity contribution in [3.63, 3.8) is 0 Å². The summed E-state index contributed by atoms with van der Waals surface area (Å²) in [5.41, 5.74) is 4.93. The van der Waals surface area contributed by atoms with Crippen LogP contribution in [-0.4, -0.2) is 24.7 Å². The zero-order valence-corrected chi connectivity index (χ0v) is 14.5. The number of halogens is 1. The summed E-state index contributed by atoms with van der Waals surface area (Å²) in [6.07, 6.45) is 7.47. The molecule has 26 heavy (non-hydrogen) atoms. The maximum Gasteiger partial charge on any atom is 0.158 e. The molecule has 4 heterocycles.